The molecule has 5 rings (SSSR count). The average Bonchev–Trinajstić information content (AvgIpc) is 3.41. The number of rotatable bonds is 8. The number of anilines is 1. The molecule has 1 unspecified atom stereocenters. The Labute approximate surface area is 250 Å². The van der Waals surface area contributed by atoms with Crippen molar-refractivity contribution >= 4 is 35.0 Å². The number of thioether (sulfide) groups is 1. The molecule has 2 aliphatic rings. The molecular weight excluding hydrogens is 550 g/mol. The first-order valence-corrected chi connectivity index (χ1v) is 14.6. The predicted molar refractivity (Wildman–Crippen MR) is 167 cm³/mol. The van der Waals surface area contributed by atoms with E-state index in [1.165, 1.54) is 0 Å². The second-order valence-electron chi connectivity index (χ2n) is 10.9. The molecule has 1 atom stereocenters. The zero-order valence-corrected chi connectivity index (χ0v) is 25.5. The van der Waals surface area contributed by atoms with E-state index in [-0.39, 0.29) is 23.4 Å². The Hall–Kier alpha value is -4.17. The zero-order valence-electron chi connectivity index (χ0n) is 24.7. The summed E-state index contributed by atoms with van der Waals surface area (Å²) in [6, 6.07) is 16.1. The molecule has 3 aromatic rings. The molecule has 0 bridgehead atoms. The van der Waals surface area contributed by atoms with Crippen molar-refractivity contribution in [1.82, 2.24) is 0 Å². The van der Waals surface area contributed by atoms with Gasteiger partial charge in [-0.25, -0.2) is 4.79 Å². The van der Waals surface area contributed by atoms with Gasteiger partial charge >= 0.3 is 11.9 Å². The van der Waals surface area contributed by atoms with Crippen LogP contribution in [0.4, 0.5) is 5.69 Å². The monoisotopic (exact) mass is 585 g/mol. The summed E-state index contributed by atoms with van der Waals surface area (Å²) in [5, 5.41) is 3.36. The zero-order chi connectivity index (χ0) is 30.0. The van der Waals surface area contributed by atoms with Crippen LogP contribution in [0, 0.1) is 0 Å². The van der Waals surface area contributed by atoms with Crippen LogP contribution in [-0.4, -0.2) is 36.9 Å². The lowest BCUT2D eigenvalue weighted by atomic mass is 9.85. The van der Waals surface area contributed by atoms with Gasteiger partial charge in [0.15, 0.2) is 0 Å². The van der Waals surface area contributed by atoms with Gasteiger partial charge in [0.2, 0.25) is 0 Å². The molecule has 8 heteroatoms. The minimum absolute atomic E-state index is 0.109. The fourth-order valence-corrected chi connectivity index (χ4v) is 6.42. The van der Waals surface area contributed by atoms with Crippen molar-refractivity contribution in [2.75, 3.05) is 19.5 Å². The van der Waals surface area contributed by atoms with Crippen LogP contribution >= 0.6 is 11.8 Å². The van der Waals surface area contributed by atoms with Gasteiger partial charge in [0.1, 0.15) is 29.1 Å². The van der Waals surface area contributed by atoms with Crippen LogP contribution in [0.1, 0.15) is 55.6 Å². The summed E-state index contributed by atoms with van der Waals surface area (Å²) in [6.07, 6.45) is 4.93. The Morgan fingerprint density at radius 1 is 0.952 bits per heavy atom. The fourth-order valence-electron chi connectivity index (χ4n) is 5.43. The number of allylic oxidation sites excluding steroid dienone is 3. The van der Waals surface area contributed by atoms with E-state index >= 15 is 0 Å². The molecule has 0 fully saturated rings. The Bertz CT molecular complexity index is 1590. The van der Waals surface area contributed by atoms with Crippen LogP contribution < -0.4 is 19.5 Å². The van der Waals surface area contributed by atoms with E-state index in [4.69, 9.17) is 18.9 Å². The number of esters is 2. The van der Waals surface area contributed by atoms with Crippen molar-refractivity contribution in [1.29, 1.82) is 0 Å². The lowest BCUT2D eigenvalue weighted by Crippen LogP contribution is -2.32. The molecule has 0 aliphatic carbocycles. The number of methoxy groups -OCH3 is 2. The Morgan fingerprint density at radius 2 is 1.67 bits per heavy atom. The molecule has 0 amide bonds. The quantitative estimate of drug-likeness (QED) is 0.213. The summed E-state index contributed by atoms with van der Waals surface area (Å²) in [6.45, 7) is 8.44. The van der Waals surface area contributed by atoms with Gasteiger partial charge in [0.25, 0.3) is 0 Å². The van der Waals surface area contributed by atoms with E-state index < -0.39 is 5.97 Å². The van der Waals surface area contributed by atoms with Gasteiger partial charge in [-0.15, -0.1) is 11.8 Å². The van der Waals surface area contributed by atoms with Gasteiger partial charge in [-0.1, -0.05) is 18.2 Å². The summed E-state index contributed by atoms with van der Waals surface area (Å²) in [5.41, 5.74) is 5.81. The third kappa shape index (κ3) is 6.19. The highest BCUT2D eigenvalue weighted by Crippen LogP contribution is 2.44. The molecule has 0 radical (unpaired) electrons. The van der Waals surface area contributed by atoms with Crippen LogP contribution in [0.3, 0.4) is 0 Å². The van der Waals surface area contributed by atoms with Gasteiger partial charge in [-0.3, -0.25) is 4.79 Å². The standard InChI is InChI=1S/C34H35NO6S/c1-20-18-34(3,4)35-28-15-14-25(27(31(20)28)19-40-33(37)30-16-7-21(2)42-30)26-13-12-24(17-29(26)39-6)41-32(36)22-8-10-23(38-5)11-9-22/h7-15,17-18,30,35H,16,19H2,1-6H3. The maximum Gasteiger partial charge on any atom is 0.343 e. The summed E-state index contributed by atoms with van der Waals surface area (Å²) >= 11 is 1.55. The van der Waals surface area contributed by atoms with Gasteiger partial charge < -0.3 is 24.3 Å². The largest absolute Gasteiger partial charge is 0.497 e. The molecule has 3 aromatic carbocycles. The molecule has 1 N–H and O–H groups in total. The Balaban J connectivity index is 1.48. The summed E-state index contributed by atoms with van der Waals surface area (Å²) in [7, 11) is 3.15. The minimum atomic E-state index is -0.488. The number of carbonyl (C=O) groups is 2. The predicted octanol–water partition coefficient (Wildman–Crippen LogP) is 7.65. The lowest BCUT2D eigenvalue weighted by Gasteiger charge is -2.33. The second kappa shape index (κ2) is 12.0. The van der Waals surface area contributed by atoms with Crippen molar-refractivity contribution in [3.05, 3.63) is 88.3 Å². The van der Waals surface area contributed by atoms with E-state index in [1.807, 2.05) is 25.1 Å². The van der Waals surface area contributed by atoms with Crippen molar-refractivity contribution in [2.45, 2.75) is 51.5 Å². The normalized spacial score (nSPS) is 16.9. The molecular formula is C34H35NO6S. The summed E-state index contributed by atoms with van der Waals surface area (Å²) in [5.74, 6) is 0.817. The molecule has 0 aromatic heterocycles. The third-order valence-electron chi connectivity index (χ3n) is 7.31. The van der Waals surface area contributed by atoms with Crippen molar-refractivity contribution in [3.63, 3.8) is 0 Å². The average molecular weight is 586 g/mol. The van der Waals surface area contributed by atoms with Crippen LogP contribution in [0.2, 0.25) is 0 Å². The Kier molecular flexibility index (Phi) is 8.36. The molecule has 0 saturated carbocycles. The van der Waals surface area contributed by atoms with E-state index in [1.54, 1.807) is 62.4 Å². The summed E-state index contributed by atoms with van der Waals surface area (Å²) in [4.78, 5) is 26.9. The topological polar surface area (TPSA) is 83.1 Å². The fraction of sp³-hybridized carbons (Fsp3) is 0.294. The van der Waals surface area contributed by atoms with Crippen molar-refractivity contribution in [3.8, 4) is 28.4 Å². The second-order valence-corrected chi connectivity index (χ2v) is 12.4. The first-order valence-electron chi connectivity index (χ1n) is 13.8. The van der Waals surface area contributed by atoms with Gasteiger partial charge in [0.05, 0.1) is 25.3 Å². The molecule has 218 valence electrons. The van der Waals surface area contributed by atoms with Crippen LogP contribution in [-0.2, 0) is 16.1 Å². The first kappa shape index (κ1) is 29.3. The van der Waals surface area contributed by atoms with Crippen LogP contribution in [0.25, 0.3) is 16.7 Å². The van der Waals surface area contributed by atoms with Gasteiger partial charge in [0, 0.05) is 28.4 Å². The molecule has 2 heterocycles. The summed E-state index contributed by atoms with van der Waals surface area (Å²) < 4.78 is 22.5. The number of hydrogen-bond donors (Lipinski definition) is 1. The number of benzene rings is 3. The van der Waals surface area contributed by atoms with E-state index in [2.05, 4.69) is 38.2 Å². The van der Waals surface area contributed by atoms with Crippen molar-refractivity contribution < 1.29 is 28.5 Å². The van der Waals surface area contributed by atoms with Crippen LogP contribution in [0.15, 0.2) is 71.7 Å². The van der Waals surface area contributed by atoms with E-state index in [9.17, 15) is 9.59 Å². The van der Waals surface area contributed by atoms with E-state index in [0.717, 1.165) is 38.4 Å². The molecule has 7 nitrogen and oxygen atoms in total. The first-order chi connectivity index (χ1) is 20.1. The number of ether oxygens (including phenoxy) is 4. The van der Waals surface area contributed by atoms with E-state index in [0.29, 0.717) is 29.2 Å². The highest BCUT2D eigenvalue weighted by molar-refractivity contribution is 8.04. The molecule has 42 heavy (non-hydrogen) atoms. The lowest BCUT2D eigenvalue weighted by molar-refractivity contribution is -0.144. The van der Waals surface area contributed by atoms with Gasteiger partial charge in [-0.2, -0.15) is 0 Å². The molecule has 2 aliphatic heterocycles. The molecule has 0 spiro atoms. The van der Waals surface area contributed by atoms with Crippen molar-refractivity contribution in [2.24, 2.45) is 0 Å². The number of nitrogens with one attached hydrogen (secondary N) is 1. The SMILES string of the molecule is COc1ccc(C(=O)Oc2ccc(-c3ccc4c(c3COC(=O)C3CC=C(C)S3)C(C)=CC(C)(C)N4)c(OC)c2)cc1. The smallest absolute Gasteiger partial charge is 0.343 e. The maximum atomic E-state index is 13.0. The third-order valence-corrected chi connectivity index (χ3v) is 8.52. The van der Waals surface area contributed by atoms with Gasteiger partial charge in [-0.05, 0) is 92.6 Å². The van der Waals surface area contributed by atoms with Crippen LogP contribution in [0.5, 0.6) is 17.2 Å². The minimum Gasteiger partial charge on any atom is -0.497 e. The molecule has 0 saturated heterocycles. The number of carbonyl (C=O) groups excluding carboxylic acids is 2. The highest BCUT2D eigenvalue weighted by Gasteiger charge is 2.29. The Morgan fingerprint density at radius 3 is 2.33 bits per heavy atom. The highest BCUT2D eigenvalue weighted by atomic mass is 32.2. The number of hydrogen-bond acceptors (Lipinski definition) is 8. The number of fused-ring (bicyclic) bond motifs is 1. The maximum absolute atomic E-state index is 13.0.